The molecule has 1 aromatic heterocycles. The second-order valence-corrected chi connectivity index (χ2v) is 8.10. The smallest absolute Gasteiger partial charge is 0.295 e. The van der Waals surface area contributed by atoms with E-state index in [0.29, 0.717) is 17.9 Å². The number of hydrogen-bond acceptors (Lipinski definition) is 6. The molecule has 1 saturated heterocycles. The van der Waals surface area contributed by atoms with E-state index in [9.17, 15) is 14.7 Å². The number of hydrogen-bond donors (Lipinski definition) is 1. The van der Waals surface area contributed by atoms with Gasteiger partial charge >= 0.3 is 0 Å². The molecule has 1 fully saturated rings. The molecule has 7 heteroatoms. The van der Waals surface area contributed by atoms with Gasteiger partial charge in [-0.15, -0.1) is 11.3 Å². The predicted molar refractivity (Wildman–Crippen MR) is 119 cm³/mol. The van der Waals surface area contributed by atoms with Crippen molar-refractivity contribution in [1.82, 2.24) is 9.80 Å². The zero-order valence-electron chi connectivity index (χ0n) is 17.6. The van der Waals surface area contributed by atoms with Crippen LogP contribution in [0.5, 0.6) is 5.75 Å². The molecule has 2 aromatic rings. The molecule has 0 radical (unpaired) electrons. The van der Waals surface area contributed by atoms with Gasteiger partial charge in [0.1, 0.15) is 11.5 Å². The molecule has 0 unspecified atom stereocenters. The van der Waals surface area contributed by atoms with E-state index >= 15 is 0 Å². The van der Waals surface area contributed by atoms with E-state index in [1.807, 2.05) is 17.5 Å². The fourth-order valence-corrected chi connectivity index (χ4v) is 4.63. The molecule has 0 bridgehead atoms. The number of amides is 1. The lowest BCUT2D eigenvalue weighted by atomic mass is 9.99. The van der Waals surface area contributed by atoms with Crippen molar-refractivity contribution < 1.29 is 19.4 Å². The highest BCUT2D eigenvalue weighted by atomic mass is 32.1. The molecular weight excluding hydrogens is 400 g/mol. The van der Waals surface area contributed by atoms with Crippen molar-refractivity contribution in [3.63, 3.8) is 0 Å². The Morgan fingerprint density at radius 2 is 1.97 bits per heavy atom. The first kappa shape index (κ1) is 22.1. The van der Waals surface area contributed by atoms with E-state index in [0.717, 1.165) is 30.9 Å². The standard InChI is InChI=1S/C23H28N2O4S/c1-4-24(5-2)12-8-13-25-20(18-11-7-14-30-18)19(22(27)23(25)28)21(26)16-9-6-10-17(15-16)29-3/h6-7,9-11,14-15,20,26H,4-5,8,12-13H2,1-3H3/b21-19+/t20-/m1/s1. The van der Waals surface area contributed by atoms with Gasteiger partial charge in [0.05, 0.1) is 18.7 Å². The average Bonchev–Trinajstić information content (AvgIpc) is 3.38. The summed E-state index contributed by atoms with van der Waals surface area (Å²) in [5.41, 5.74) is 0.593. The van der Waals surface area contributed by atoms with Crippen molar-refractivity contribution in [2.45, 2.75) is 26.3 Å². The molecule has 30 heavy (non-hydrogen) atoms. The van der Waals surface area contributed by atoms with Gasteiger partial charge in [0.25, 0.3) is 11.7 Å². The molecule has 160 valence electrons. The zero-order valence-corrected chi connectivity index (χ0v) is 18.4. The molecule has 0 spiro atoms. The maximum atomic E-state index is 13.0. The third kappa shape index (κ3) is 4.42. The van der Waals surface area contributed by atoms with Crippen LogP contribution < -0.4 is 4.74 Å². The largest absolute Gasteiger partial charge is 0.507 e. The number of ketones is 1. The number of thiophene rings is 1. The van der Waals surface area contributed by atoms with Crippen molar-refractivity contribution in [2.75, 3.05) is 33.3 Å². The SMILES string of the molecule is CCN(CC)CCCN1C(=O)C(=O)/C(=C(/O)c2cccc(OC)c2)[C@H]1c1cccs1. The molecule has 1 aliphatic heterocycles. The monoisotopic (exact) mass is 428 g/mol. The first-order valence-electron chi connectivity index (χ1n) is 10.2. The normalized spacial score (nSPS) is 18.4. The number of carbonyl (C=O) groups excluding carboxylic acids is 2. The number of aliphatic hydroxyl groups is 1. The zero-order chi connectivity index (χ0) is 21.7. The molecule has 3 rings (SSSR count). The van der Waals surface area contributed by atoms with E-state index in [-0.39, 0.29) is 11.3 Å². The fourth-order valence-electron chi connectivity index (χ4n) is 3.78. The van der Waals surface area contributed by atoms with Crippen LogP contribution in [-0.4, -0.2) is 59.9 Å². The molecule has 1 atom stereocenters. The Hall–Kier alpha value is -2.64. The Morgan fingerprint density at radius 3 is 2.60 bits per heavy atom. The van der Waals surface area contributed by atoms with E-state index in [1.54, 1.807) is 36.3 Å². The molecule has 1 amide bonds. The van der Waals surface area contributed by atoms with Crippen LogP contribution in [-0.2, 0) is 9.59 Å². The highest BCUT2D eigenvalue weighted by Crippen LogP contribution is 2.41. The summed E-state index contributed by atoms with van der Waals surface area (Å²) >= 11 is 1.47. The average molecular weight is 429 g/mol. The second-order valence-electron chi connectivity index (χ2n) is 7.12. The van der Waals surface area contributed by atoms with Crippen LogP contribution >= 0.6 is 11.3 Å². The Balaban J connectivity index is 1.97. The summed E-state index contributed by atoms with van der Waals surface area (Å²) in [4.78, 5) is 30.6. The van der Waals surface area contributed by atoms with Gasteiger partial charge in [0.15, 0.2) is 0 Å². The van der Waals surface area contributed by atoms with Gasteiger partial charge in [-0.2, -0.15) is 0 Å². The van der Waals surface area contributed by atoms with Crippen molar-refractivity contribution >= 4 is 28.8 Å². The summed E-state index contributed by atoms with van der Waals surface area (Å²) in [7, 11) is 1.54. The van der Waals surface area contributed by atoms with Crippen LogP contribution in [0.2, 0.25) is 0 Å². The quantitative estimate of drug-likeness (QED) is 0.373. The minimum Gasteiger partial charge on any atom is -0.507 e. The third-order valence-electron chi connectivity index (χ3n) is 5.46. The lowest BCUT2D eigenvalue weighted by molar-refractivity contribution is -0.139. The van der Waals surface area contributed by atoms with Crippen LogP contribution in [0.25, 0.3) is 5.76 Å². The Labute approximate surface area is 181 Å². The Bertz CT molecular complexity index is 919. The number of nitrogens with zero attached hydrogens (tertiary/aromatic N) is 2. The van der Waals surface area contributed by atoms with Crippen molar-refractivity contribution in [1.29, 1.82) is 0 Å². The molecule has 0 saturated carbocycles. The summed E-state index contributed by atoms with van der Waals surface area (Å²) in [6, 6.07) is 10.1. The molecule has 2 heterocycles. The second kappa shape index (κ2) is 9.91. The number of aliphatic hydroxyl groups excluding tert-OH is 1. The van der Waals surface area contributed by atoms with Crippen LogP contribution in [0.3, 0.4) is 0 Å². The molecular formula is C23H28N2O4S. The van der Waals surface area contributed by atoms with E-state index < -0.39 is 17.7 Å². The number of carbonyl (C=O) groups is 2. The van der Waals surface area contributed by atoms with Crippen LogP contribution in [0.1, 0.15) is 36.8 Å². The maximum absolute atomic E-state index is 13.0. The van der Waals surface area contributed by atoms with E-state index in [1.165, 1.54) is 11.3 Å². The summed E-state index contributed by atoms with van der Waals surface area (Å²) in [5.74, 6) is -0.800. The summed E-state index contributed by atoms with van der Waals surface area (Å²) in [5, 5.41) is 12.9. The molecule has 1 N–H and O–H groups in total. The van der Waals surface area contributed by atoms with Gasteiger partial charge in [-0.25, -0.2) is 0 Å². The van der Waals surface area contributed by atoms with Gasteiger partial charge in [0.2, 0.25) is 0 Å². The van der Waals surface area contributed by atoms with Gasteiger partial charge in [-0.1, -0.05) is 32.0 Å². The minimum atomic E-state index is -0.642. The number of ether oxygens (including phenoxy) is 1. The lowest BCUT2D eigenvalue weighted by Gasteiger charge is -2.25. The van der Waals surface area contributed by atoms with E-state index in [2.05, 4.69) is 18.7 Å². The van der Waals surface area contributed by atoms with Gasteiger partial charge in [-0.3, -0.25) is 9.59 Å². The van der Waals surface area contributed by atoms with E-state index in [4.69, 9.17) is 4.74 Å². The molecule has 1 aliphatic rings. The molecule has 0 aliphatic carbocycles. The third-order valence-corrected chi connectivity index (χ3v) is 6.39. The first-order valence-corrected chi connectivity index (χ1v) is 11.1. The fraction of sp³-hybridized carbons (Fsp3) is 0.391. The van der Waals surface area contributed by atoms with Gasteiger partial charge in [-0.05, 0) is 49.6 Å². The number of Topliss-reactive ketones (excluding diaryl/α,β-unsaturated/α-hetero) is 1. The van der Waals surface area contributed by atoms with Gasteiger partial charge in [0, 0.05) is 17.0 Å². The highest BCUT2D eigenvalue weighted by molar-refractivity contribution is 7.10. The van der Waals surface area contributed by atoms with Crippen LogP contribution in [0.15, 0.2) is 47.4 Å². The topological polar surface area (TPSA) is 70.1 Å². The summed E-state index contributed by atoms with van der Waals surface area (Å²) in [6.07, 6.45) is 0.760. The first-order chi connectivity index (χ1) is 14.5. The number of benzene rings is 1. The summed E-state index contributed by atoms with van der Waals surface area (Å²) in [6.45, 7) is 7.41. The Morgan fingerprint density at radius 1 is 1.20 bits per heavy atom. The highest BCUT2D eigenvalue weighted by Gasteiger charge is 2.46. The molecule has 1 aromatic carbocycles. The summed E-state index contributed by atoms with van der Waals surface area (Å²) < 4.78 is 5.23. The molecule has 6 nitrogen and oxygen atoms in total. The lowest BCUT2D eigenvalue weighted by Crippen LogP contribution is -2.33. The van der Waals surface area contributed by atoms with Crippen LogP contribution in [0, 0.1) is 0 Å². The van der Waals surface area contributed by atoms with Crippen molar-refractivity contribution in [3.05, 3.63) is 57.8 Å². The van der Waals surface area contributed by atoms with Crippen molar-refractivity contribution in [2.24, 2.45) is 0 Å². The minimum absolute atomic E-state index is 0.138. The number of rotatable bonds is 9. The maximum Gasteiger partial charge on any atom is 0.295 e. The van der Waals surface area contributed by atoms with Crippen LogP contribution in [0.4, 0.5) is 0 Å². The Kier molecular flexibility index (Phi) is 7.29. The predicted octanol–water partition coefficient (Wildman–Crippen LogP) is 3.91. The van der Waals surface area contributed by atoms with Gasteiger partial charge < -0.3 is 19.6 Å². The number of methoxy groups -OCH3 is 1. The number of likely N-dealkylation sites (tertiary alicyclic amines) is 1. The van der Waals surface area contributed by atoms with Crippen molar-refractivity contribution in [3.8, 4) is 5.75 Å².